The van der Waals surface area contributed by atoms with Crippen molar-refractivity contribution >= 4 is 5.52 Å². The Labute approximate surface area is 86.7 Å². The molecule has 1 saturated carbocycles. The van der Waals surface area contributed by atoms with Gasteiger partial charge in [-0.3, -0.25) is 4.40 Å². The van der Waals surface area contributed by atoms with Crippen molar-refractivity contribution in [3.63, 3.8) is 0 Å². The molecule has 0 aliphatic heterocycles. The monoisotopic (exact) mass is 205 g/mol. The summed E-state index contributed by atoms with van der Waals surface area (Å²) in [7, 11) is 0. The molecular formula is C11H12FN3. The SMILES string of the molecule is NC1(c2ncc3c(F)cccn23)CCC1. The van der Waals surface area contributed by atoms with Crippen molar-refractivity contribution < 1.29 is 4.39 Å². The first-order valence-electron chi connectivity index (χ1n) is 5.12. The predicted octanol–water partition coefficient (Wildman–Crippen LogP) is 1.81. The van der Waals surface area contributed by atoms with Crippen molar-refractivity contribution in [1.29, 1.82) is 0 Å². The van der Waals surface area contributed by atoms with Crippen LogP contribution in [0.3, 0.4) is 0 Å². The fraction of sp³-hybridized carbons (Fsp3) is 0.364. The smallest absolute Gasteiger partial charge is 0.148 e. The highest BCUT2D eigenvalue weighted by atomic mass is 19.1. The highest BCUT2D eigenvalue weighted by molar-refractivity contribution is 5.48. The summed E-state index contributed by atoms with van der Waals surface area (Å²) in [6.07, 6.45) is 6.36. The predicted molar refractivity (Wildman–Crippen MR) is 54.9 cm³/mol. The quantitative estimate of drug-likeness (QED) is 0.771. The summed E-state index contributed by atoms with van der Waals surface area (Å²) in [4.78, 5) is 4.25. The normalized spacial score (nSPS) is 19.1. The molecule has 2 N–H and O–H groups in total. The maximum absolute atomic E-state index is 13.4. The average molecular weight is 205 g/mol. The molecule has 1 aliphatic carbocycles. The second-order valence-electron chi connectivity index (χ2n) is 4.20. The zero-order valence-corrected chi connectivity index (χ0v) is 8.28. The molecule has 2 aromatic rings. The second kappa shape index (κ2) is 2.79. The molecule has 2 aromatic heterocycles. The first kappa shape index (κ1) is 8.85. The summed E-state index contributed by atoms with van der Waals surface area (Å²) in [5, 5.41) is 0. The van der Waals surface area contributed by atoms with Crippen LogP contribution in [0.4, 0.5) is 4.39 Å². The standard InChI is InChI=1S/C11H12FN3/c12-8-3-1-6-15-9(8)7-14-10(15)11(13)4-2-5-11/h1,3,6-7H,2,4-5,13H2. The number of hydrogen-bond acceptors (Lipinski definition) is 2. The van der Waals surface area contributed by atoms with Gasteiger partial charge in [0.05, 0.1) is 11.7 Å². The highest BCUT2D eigenvalue weighted by Crippen LogP contribution is 2.38. The Morgan fingerprint density at radius 3 is 2.93 bits per heavy atom. The number of rotatable bonds is 1. The third kappa shape index (κ3) is 1.11. The molecule has 3 nitrogen and oxygen atoms in total. The molecule has 4 heteroatoms. The molecule has 0 atom stereocenters. The Balaban J connectivity index is 2.24. The van der Waals surface area contributed by atoms with Crippen LogP contribution in [0.25, 0.3) is 5.52 Å². The molecular weight excluding hydrogens is 193 g/mol. The highest BCUT2D eigenvalue weighted by Gasteiger charge is 2.38. The van der Waals surface area contributed by atoms with Gasteiger partial charge in [-0.2, -0.15) is 0 Å². The molecule has 78 valence electrons. The first-order valence-corrected chi connectivity index (χ1v) is 5.12. The van der Waals surface area contributed by atoms with Gasteiger partial charge < -0.3 is 5.73 Å². The summed E-state index contributed by atoms with van der Waals surface area (Å²) in [5.74, 6) is 0.530. The molecule has 0 aromatic carbocycles. The zero-order valence-electron chi connectivity index (χ0n) is 8.28. The van der Waals surface area contributed by atoms with Crippen molar-refractivity contribution in [2.24, 2.45) is 5.73 Å². The number of aromatic nitrogens is 2. The van der Waals surface area contributed by atoms with Crippen LogP contribution < -0.4 is 5.73 Å². The van der Waals surface area contributed by atoms with Crippen LogP contribution in [-0.4, -0.2) is 9.38 Å². The van der Waals surface area contributed by atoms with E-state index in [1.165, 1.54) is 6.07 Å². The van der Waals surface area contributed by atoms with E-state index in [0.717, 1.165) is 25.1 Å². The maximum Gasteiger partial charge on any atom is 0.148 e. The number of pyridine rings is 1. The number of hydrogen-bond donors (Lipinski definition) is 1. The van der Waals surface area contributed by atoms with Crippen molar-refractivity contribution in [1.82, 2.24) is 9.38 Å². The van der Waals surface area contributed by atoms with Crippen LogP contribution in [-0.2, 0) is 5.54 Å². The van der Waals surface area contributed by atoms with Crippen LogP contribution in [0, 0.1) is 5.82 Å². The van der Waals surface area contributed by atoms with Crippen molar-refractivity contribution in [3.05, 3.63) is 36.2 Å². The van der Waals surface area contributed by atoms with Crippen molar-refractivity contribution in [3.8, 4) is 0 Å². The summed E-state index contributed by atoms with van der Waals surface area (Å²) < 4.78 is 15.2. The number of fused-ring (bicyclic) bond motifs is 1. The van der Waals surface area contributed by atoms with Gasteiger partial charge >= 0.3 is 0 Å². The zero-order chi connectivity index (χ0) is 10.5. The molecule has 0 spiro atoms. The minimum absolute atomic E-state index is 0.251. The third-order valence-corrected chi connectivity index (χ3v) is 3.21. The van der Waals surface area contributed by atoms with E-state index in [1.54, 1.807) is 16.7 Å². The van der Waals surface area contributed by atoms with E-state index >= 15 is 0 Å². The van der Waals surface area contributed by atoms with Gasteiger partial charge in [-0.1, -0.05) is 0 Å². The summed E-state index contributed by atoms with van der Waals surface area (Å²) in [6, 6.07) is 3.11. The molecule has 1 fully saturated rings. The largest absolute Gasteiger partial charge is 0.319 e. The Bertz CT molecular complexity index is 514. The van der Waals surface area contributed by atoms with Gasteiger partial charge in [0.1, 0.15) is 17.2 Å². The van der Waals surface area contributed by atoms with E-state index in [9.17, 15) is 4.39 Å². The van der Waals surface area contributed by atoms with Crippen molar-refractivity contribution in [2.75, 3.05) is 0 Å². The van der Waals surface area contributed by atoms with Gasteiger partial charge in [-0.15, -0.1) is 0 Å². The van der Waals surface area contributed by atoms with Gasteiger partial charge in [0.15, 0.2) is 0 Å². The summed E-state index contributed by atoms with van der Waals surface area (Å²) in [5.41, 5.74) is 6.34. The summed E-state index contributed by atoms with van der Waals surface area (Å²) >= 11 is 0. The molecule has 3 rings (SSSR count). The average Bonchev–Trinajstić information content (AvgIpc) is 2.60. The molecule has 2 heterocycles. The van der Waals surface area contributed by atoms with E-state index in [4.69, 9.17) is 5.73 Å². The lowest BCUT2D eigenvalue weighted by molar-refractivity contribution is 0.237. The van der Waals surface area contributed by atoms with Gasteiger partial charge in [-0.05, 0) is 31.4 Å². The van der Waals surface area contributed by atoms with E-state index in [1.807, 2.05) is 6.20 Å². The lowest BCUT2D eigenvalue weighted by Crippen LogP contribution is -2.44. The maximum atomic E-state index is 13.4. The number of imidazole rings is 1. The lowest BCUT2D eigenvalue weighted by Gasteiger charge is -2.36. The summed E-state index contributed by atoms with van der Waals surface area (Å²) in [6.45, 7) is 0. The van der Waals surface area contributed by atoms with E-state index in [2.05, 4.69) is 4.98 Å². The first-order chi connectivity index (χ1) is 7.21. The molecule has 0 saturated heterocycles. The van der Waals surface area contributed by atoms with E-state index < -0.39 is 0 Å². The molecule has 0 unspecified atom stereocenters. The van der Waals surface area contributed by atoms with Gasteiger partial charge in [-0.25, -0.2) is 9.37 Å². The Hall–Kier alpha value is -1.42. The Kier molecular flexibility index (Phi) is 1.65. The lowest BCUT2D eigenvalue weighted by atomic mass is 9.77. The topological polar surface area (TPSA) is 43.3 Å². The van der Waals surface area contributed by atoms with E-state index in [0.29, 0.717) is 5.52 Å². The molecule has 1 aliphatic rings. The van der Waals surface area contributed by atoms with Crippen LogP contribution in [0.5, 0.6) is 0 Å². The van der Waals surface area contributed by atoms with Gasteiger partial charge in [0, 0.05) is 6.20 Å². The number of halogens is 1. The molecule has 0 amide bonds. The van der Waals surface area contributed by atoms with Crippen LogP contribution >= 0.6 is 0 Å². The fourth-order valence-electron chi connectivity index (χ4n) is 2.14. The van der Waals surface area contributed by atoms with Crippen LogP contribution in [0.15, 0.2) is 24.5 Å². The van der Waals surface area contributed by atoms with Crippen LogP contribution in [0.2, 0.25) is 0 Å². The van der Waals surface area contributed by atoms with E-state index in [-0.39, 0.29) is 11.4 Å². The number of nitrogens with zero attached hydrogens (tertiary/aromatic N) is 2. The molecule has 0 bridgehead atoms. The minimum atomic E-state index is -0.347. The van der Waals surface area contributed by atoms with Crippen LogP contribution in [0.1, 0.15) is 25.1 Å². The molecule has 0 radical (unpaired) electrons. The Morgan fingerprint density at radius 1 is 1.47 bits per heavy atom. The Morgan fingerprint density at radius 2 is 2.27 bits per heavy atom. The number of nitrogens with two attached hydrogens (primary N) is 1. The van der Waals surface area contributed by atoms with Gasteiger partial charge in [0.25, 0.3) is 0 Å². The minimum Gasteiger partial charge on any atom is -0.319 e. The molecule has 15 heavy (non-hydrogen) atoms. The van der Waals surface area contributed by atoms with Gasteiger partial charge in [0.2, 0.25) is 0 Å². The van der Waals surface area contributed by atoms with Crippen molar-refractivity contribution in [2.45, 2.75) is 24.8 Å². The third-order valence-electron chi connectivity index (χ3n) is 3.21. The second-order valence-corrected chi connectivity index (χ2v) is 4.20. The fourth-order valence-corrected chi connectivity index (χ4v) is 2.14.